The Bertz CT molecular complexity index is 257. The van der Waals surface area contributed by atoms with Crippen molar-refractivity contribution in [1.29, 1.82) is 0 Å². The van der Waals surface area contributed by atoms with Gasteiger partial charge in [0.25, 0.3) is 0 Å². The third-order valence-electron chi connectivity index (χ3n) is 2.75. The molecule has 1 saturated heterocycles. The van der Waals surface area contributed by atoms with Crippen molar-refractivity contribution < 1.29 is 0 Å². The zero-order valence-electron chi connectivity index (χ0n) is 10.3. The number of aryl methyl sites for hydroxylation is 2. The molecule has 1 heterocycles. The number of hydrogen-bond donors (Lipinski definition) is 0. The van der Waals surface area contributed by atoms with E-state index in [2.05, 4.69) is 50.1 Å². The molecule has 1 aliphatic rings. The van der Waals surface area contributed by atoms with Gasteiger partial charge in [0.05, 0.1) is 0 Å². The van der Waals surface area contributed by atoms with Crippen LogP contribution in [-0.2, 0) is 0 Å². The van der Waals surface area contributed by atoms with E-state index in [1.54, 1.807) is 0 Å². The van der Waals surface area contributed by atoms with Crippen molar-refractivity contribution in [3.63, 3.8) is 0 Å². The van der Waals surface area contributed by atoms with E-state index in [4.69, 9.17) is 0 Å². The first-order valence-electron chi connectivity index (χ1n) is 5.90. The van der Waals surface area contributed by atoms with Crippen molar-refractivity contribution >= 4 is 0 Å². The normalized spacial score (nSPS) is 16.7. The van der Waals surface area contributed by atoms with Gasteiger partial charge in [-0.1, -0.05) is 41.8 Å². The minimum atomic E-state index is 1.32. The van der Waals surface area contributed by atoms with E-state index in [1.807, 2.05) is 0 Å². The van der Waals surface area contributed by atoms with Crippen LogP contribution in [-0.4, -0.2) is 25.0 Å². The summed E-state index contributed by atoms with van der Waals surface area (Å²) in [5.74, 6) is 0. The van der Waals surface area contributed by atoms with Gasteiger partial charge in [-0.25, -0.2) is 0 Å². The fourth-order valence-electron chi connectivity index (χ4n) is 1.86. The largest absolute Gasteiger partial charge is 0.306 e. The summed E-state index contributed by atoms with van der Waals surface area (Å²) in [6.45, 7) is 6.85. The Hall–Kier alpha value is -0.820. The third-order valence-corrected chi connectivity index (χ3v) is 2.75. The molecule has 1 fully saturated rings. The Morgan fingerprint density at radius 2 is 1.47 bits per heavy atom. The second kappa shape index (κ2) is 6.62. The van der Waals surface area contributed by atoms with Crippen LogP contribution in [0.4, 0.5) is 0 Å². The average Bonchev–Trinajstić information content (AvgIpc) is 2.19. The summed E-state index contributed by atoms with van der Waals surface area (Å²) >= 11 is 0. The van der Waals surface area contributed by atoms with Crippen LogP contribution < -0.4 is 0 Å². The maximum absolute atomic E-state index is 2.39. The van der Waals surface area contributed by atoms with Crippen LogP contribution in [0.5, 0.6) is 0 Å². The number of nitrogens with zero attached hydrogens (tertiary/aromatic N) is 1. The minimum Gasteiger partial charge on any atom is -0.306 e. The summed E-state index contributed by atoms with van der Waals surface area (Å²) < 4.78 is 0. The van der Waals surface area contributed by atoms with E-state index >= 15 is 0 Å². The molecule has 15 heavy (non-hydrogen) atoms. The molecule has 1 aliphatic heterocycles. The van der Waals surface area contributed by atoms with Crippen molar-refractivity contribution in [3.05, 3.63) is 35.4 Å². The van der Waals surface area contributed by atoms with Crippen molar-refractivity contribution in [1.82, 2.24) is 4.90 Å². The van der Waals surface area contributed by atoms with Gasteiger partial charge in [0.15, 0.2) is 0 Å². The molecular formula is C14H23N. The first-order valence-corrected chi connectivity index (χ1v) is 5.90. The quantitative estimate of drug-likeness (QED) is 0.627. The Morgan fingerprint density at radius 1 is 0.933 bits per heavy atom. The van der Waals surface area contributed by atoms with Gasteiger partial charge in [0, 0.05) is 0 Å². The van der Waals surface area contributed by atoms with Gasteiger partial charge >= 0.3 is 0 Å². The molecule has 0 N–H and O–H groups in total. The second-order valence-electron chi connectivity index (χ2n) is 4.52. The van der Waals surface area contributed by atoms with Gasteiger partial charge in [-0.3, -0.25) is 0 Å². The molecule has 0 amide bonds. The Morgan fingerprint density at radius 3 is 1.73 bits per heavy atom. The van der Waals surface area contributed by atoms with Gasteiger partial charge in [0.1, 0.15) is 0 Å². The monoisotopic (exact) mass is 205 g/mol. The van der Waals surface area contributed by atoms with E-state index in [0.29, 0.717) is 0 Å². The van der Waals surface area contributed by atoms with Crippen molar-refractivity contribution in [2.45, 2.75) is 33.1 Å². The molecule has 84 valence electrons. The lowest BCUT2D eigenvalue weighted by molar-refractivity contribution is 0.277. The molecule has 1 aromatic carbocycles. The van der Waals surface area contributed by atoms with Gasteiger partial charge in [-0.2, -0.15) is 0 Å². The second-order valence-corrected chi connectivity index (χ2v) is 4.52. The highest BCUT2D eigenvalue weighted by molar-refractivity contribution is 5.20. The zero-order chi connectivity index (χ0) is 11.1. The molecule has 0 radical (unpaired) electrons. The average molecular weight is 205 g/mol. The maximum atomic E-state index is 2.39. The molecule has 2 rings (SSSR count). The van der Waals surface area contributed by atoms with Crippen LogP contribution in [0.1, 0.15) is 30.4 Å². The summed E-state index contributed by atoms with van der Waals surface area (Å²) in [6, 6.07) is 8.45. The van der Waals surface area contributed by atoms with Gasteiger partial charge in [-0.05, 0) is 46.8 Å². The molecule has 1 nitrogen and oxygen atoms in total. The Labute approximate surface area is 94.1 Å². The molecule has 1 aromatic rings. The van der Waals surface area contributed by atoms with Crippen LogP contribution in [0.15, 0.2) is 24.3 Å². The molecular weight excluding hydrogens is 182 g/mol. The van der Waals surface area contributed by atoms with E-state index in [-0.39, 0.29) is 0 Å². The summed E-state index contributed by atoms with van der Waals surface area (Å²) in [4.78, 5) is 2.39. The molecule has 1 heteroatoms. The van der Waals surface area contributed by atoms with Crippen LogP contribution >= 0.6 is 0 Å². The first-order chi connectivity index (χ1) is 7.18. The smallest absolute Gasteiger partial charge is 0.00218 e. The number of benzene rings is 1. The molecule has 0 aromatic heterocycles. The topological polar surface area (TPSA) is 3.24 Å². The fourth-order valence-corrected chi connectivity index (χ4v) is 1.86. The summed E-state index contributed by atoms with van der Waals surface area (Å²) in [7, 11) is 2.19. The van der Waals surface area contributed by atoms with Gasteiger partial charge < -0.3 is 4.90 Å². The first kappa shape index (κ1) is 12.3. The van der Waals surface area contributed by atoms with E-state index < -0.39 is 0 Å². The minimum absolute atomic E-state index is 1.32. The lowest BCUT2D eigenvalue weighted by Crippen LogP contribution is -2.24. The van der Waals surface area contributed by atoms with Crippen LogP contribution in [0, 0.1) is 13.8 Å². The highest BCUT2D eigenvalue weighted by Gasteiger charge is 2.02. The Kier molecular flexibility index (Phi) is 5.41. The number of hydrogen-bond acceptors (Lipinski definition) is 1. The van der Waals surface area contributed by atoms with Crippen LogP contribution in [0.2, 0.25) is 0 Å². The zero-order valence-corrected chi connectivity index (χ0v) is 10.3. The molecule has 0 unspecified atom stereocenters. The standard InChI is InChI=1S/C8H10.C6H13N/c1-7-4-3-5-8(2)6-7;1-7-5-3-2-4-6-7/h3-6H,1-2H3;2-6H2,1H3. The number of rotatable bonds is 0. The lowest BCUT2D eigenvalue weighted by atomic mass is 10.1. The molecule has 0 spiro atoms. The van der Waals surface area contributed by atoms with E-state index in [0.717, 1.165) is 0 Å². The van der Waals surface area contributed by atoms with E-state index in [1.165, 1.54) is 43.5 Å². The number of likely N-dealkylation sites (tertiary alicyclic amines) is 1. The van der Waals surface area contributed by atoms with Crippen molar-refractivity contribution in [3.8, 4) is 0 Å². The molecule has 0 aliphatic carbocycles. The van der Waals surface area contributed by atoms with E-state index in [9.17, 15) is 0 Å². The van der Waals surface area contributed by atoms with Gasteiger partial charge in [-0.15, -0.1) is 0 Å². The van der Waals surface area contributed by atoms with Crippen LogP contribution in [0.3, 0.4) is 0 Å². The predicted molar refractivity (Wildman–Crippen MR) is 67.3 cm³/mol. The maximum Gasteiger partial charge on any atom is -0.00218 e. The summed E-state index contributed by atoms with van der Waals surface area (Å²) in [5.41, 5.74) is 2.68. The molecule has 0 saturated carbocycles. The lowest BCUT2D eigenvalue weighted by Gasteiger charge is -2.20. The Balaban J connectivity index is 0.000000151. The summed E-state index contributed by atoms with van der Waals surface area (Å²) in [5, 5.41) is 0. The van der Waals surface area contributed by atoms with Crippen molar-refractivity contribution in [2.75, 3.05) is 20.1 Å². The van der Waals surface area contributed by atoms with Gasteiger partial charge in [0.2, 0.25) is 0 Å². The molecule has 0 atom stereocenters. The SMILES string of the molecule is CN1CCCCC1.Cc1cccc(C)c1. The highest BCUT2D eigenvalue weighted by Crippen LogP contribution is 2.04. The fraction of sp³-hybridized carbons (Fsp3) is 0.571. The summed E-state index contributed by atoms with van der Waals surface area (Å²) in [6.07, 6.45) is 4.28. The molecule has 0 bridgehead atoms. The van der Waals surface area contributed by atoms with Crippen LogP contribution in [0.25, 0.3) is 0 Å². The highest BCUT2D eigenvalue weighted by atomic mass is 15.1. The predicted octanol–water partition coefficient (Wildman–Crippen LogP) is 3.41. The van der Waals surface area contributed by atoms with Crippen molar-refractivity contribution in [2.24, 2.45) is 0 Å². The third kappa shape index (κ3) is 5.58. The number of piperidine rings is 1.